The standard InChI is InChI=1S/C20H26N6O2.ClH/c1-3-22-20(27)23-15-6-4-14(5-7-15)18-16-10-21-11-17(16)24-19(25-18)26-8-9-28-12-13(26)2;/h4-7,13,21H,3,8-12H2,1-2H3,(H2,22,23,27);1H/t13-;/m0./s1. The van der Waals surface area contributed by atoms with Gasteiger partial charge in [0.15, 0.2) is 0 Å². The van der Waals surface area contributed by atoms with E-state index in [1.165, 1.54) is 0 Å². The SMILES string of the molecule is CCNC(=O)Nc1ccc(-c2nc(N3CCOC[C@@H]3C)nc3c2CNC3)cc1.Cl. The molecule has 2 amide bonds. The van der Waals surface area contributed by atoms with E-state index in [1.54, 1.807) is 0 Å². The van der Waals surface area contributed by atoms with Crippen LogP contribution in [0.1, 0.15) is 25.1 Å². The molecule has 156 valence electrons. The quantitative estimate of drug-likeness (QED) is 0.706. The maximum absolute atomic E-state index is 11.7. The van der Waals surface area contributed by atoms with Crippen molar-refractivity contribution in [1.82, 2.24) is 20.6 Å². The van der Waals surface area contributed by atoms with Crippen molar-refractivity contribution in [2.24, 2.45) is 0 Å². The number of carbonyl (C=O) groups is 1. The number of benzene rings is 1. The Morgan fingerprint density at radius 1 is 1.28 bits per heavy atom. The van der Waals surface area contributed by atoms with E-state index in [0.717, 1.165) is 53.8 Å². The number of morpholine rings is 1. The number of ether oxygens (including phenoxy) is 1. The molecule has 1 saturated heterocycles. The maximum atomic E-state index is 11.7. The van der Waals surface area contributed by atoms with Crippen LogP contribution in [-0.2, 0) is 17.8 Å². The summed E-state index contributed by atoms with van der Waals surface area (Å²) in [6, 6.07) is 7.84. The van der Waals surface area contributed by atoms with Crippen LogP contribution in [0.2, 0.25) is 0 Å². The second-order valence-corrected chi connectivity index (χ2v) is 7.08. The first kappa shape index (κ1) is 21.3. The molecular weight excluding hydrogens is 392 g/mol. The molecule has 0 bridgehead atoms. The zero-order valence-electron chi connectivity index (χ0n) is 16.7. The Bertz CT molecular complexity index is 861. The Morgan fingerprint density at radius 3 is 2.79 bits per heavy atom. The first-order chi connectivity index (χ1) is 13.7. The molecule has 1 aromatic heterocycles. The van der Waals surface area contributed by atoms with Gasteiger partial charge in [-0.05, 0) is 26.0 Å². The van der Waals surface area contributed by atoms with Gasteiger partial charge >= 0.3 is 6.03 Å². The minimum absolute atomic E-state index is 0. The van der Waals surface area contributed by atoms with Crippen molar-refractivity contribution >= 4 is 30.1 Å². The van der Waals surface area contributed by atoms with Crippen LogP contribution in [0.15, 0.2) is 24.3 Å². The van der Waals surface area contributed by atoms with Crippen LogP contribution < -0.4 is 20.9 Å². The molecule has 0 saturated carbocycles. The number of anilines is 2. The molecule has 8 nitrogen and oxygen atoms in total. The van der Waals surface area contributed by atoms with Gasteiger partial charge in [-0.25, -0.2) is 14.8 Å². The summed E-state index contributed by atoms with van der Waals surface area (Å²) >= 11 is 0. The van der Waals surface area contributed by atoms with Gasteiger partial charge in [0.1, 0.15) is 0 Å². The van der Waals surface area contributed by atoms with Crippen molar-refractivity contribution in [2.75, 3.05) is 36.5 Å². The molecule has 4 rings (SSSR count). The van der Waals surface area contributed by atoms with Crippen LogP contribution in [0.3, 0.4) is 0 Å². The topological polar surface area (TPSA) is 91.4 Å². The third-order valence-electron chi connectivity index (χ3n) is 5.05. The Labute approximate surface area is 176 Å². The molecule has 3 heterocycles. The fourth-order valence-corrected chi connectivity index (χ4v) is 3.59. The predicted molar refractivity (Wildman–Crippen MR) is 116 cm³/mol. The second kappa shape index (κ2) is 9.39. The number of hydrogen-bond acceptors (Lipinski definition) is 6. The zero-order valence-corrected chi connectivity index (χ0v) is 17.5. The van der Waals surface area contributed by atoms with Crippen LogP contribution >= 0.6 is 12.4 Å². The Kier molecular flexibility index (Phi) is 6.89. The lowest BCUT2D eigenvalue weighted by molar-refractivity contribution is 0.0981. The first-order valence-corrected chi connectivity index (χ1v) is 9.76. The normalized spacial score (nSPS) is 18.0. The van der Waals surface area contributed by atoms with Crippen LogP contribution in [0.4, 0.5) is 16.4 Å². The molecule has 0 radical (unpaired) electrons. The summed E-state index contributed by atoms with van der Waals surface area (Å²) in [6.07, 6.45) is 0. The lowest BCUT2D eigenvalue weighted by atomic mass is 10.1. The van der Waals surface area contributed by atoms with Crippen molar-refractivity contribution in [2.45, 2.75) is 33.0 Å². The Hall–Kier alpha value is -2.42. The smallest absolute Gasteiger partial charge is 0.319 e. The number of urea groups is 1. The van der Waals surface area contributed by atoms with Crippen LogP contribution in [0.25, 0.3) is 11.3 Å². The van der Waals surface area contributed by atoms with E-state index in [0.29, 0.717) is 19.8 Å². The molecule has 0 aliphatic carbocycles. The monoisotopic (exact) mass is 418 g/mol. The number of hydrogen-bond donors (Lipinski definition) is 3. The van der Waals surface area contributed by atoms with Crippen molar-refractivity contribution < 1.29 is 9.53 Å². The van der Waals surface area contributed by atoms with Gasteiger partial charge < -0.3 is 25.6 Å². The number of halogens is 1. The number of nitrogens with zero attached hydrogens (tertiary/aromatic N) is 3. The van der Waals surface area contributed by atoms with Gasteiger partial charge in [0.2, 0.25) is 5.95 Å². The van der Waals surface area contributed by atoms with E-state index < -0.39 is 0 Å². The number of rotatable bonds is 4. The molecule has 2 aromatic rings. The largest absolute Gasteiger partial charge is 0.377 e. The second-order valence-electron chi connectivity index (χ2n) is 7.08. The summed E-state index contributed by atoms with van der Waals surface area (Å²) in [7, 11) is 0. The van der Waals surface area contributed by atoms with Gasteiger partial charge in [-0.2, -0.15) is 0 Å². The van der Waals surface area contributed by atoms with Gasteiger partial charge in [-0.15, -0.1) is 12.4 Å². The summed E-state index contributed by atoms with van der Waals surface area (Å²) in [5, 5.41) is 8.93. The van der Waals surface area contributed by atoms with Gasteiger partial charge in [-0.1, -0.05) is 12.1 Å². The van der Waals surface area contributed by atoms with Gasteiger partial charge in [-0.3, -0.25) is 0 Å². The molecule has 0 unspecified atom stereocenters. The third-order valence-corrected chi connectivity index (χ3v) is 5.05. The number of carbonyl (C=O) groups excluding carboxylic acids is 1. The van der Waals surface area contributed by atoms with E-state index in [-0.39, 0.29) is 24.5 Å². The molecule has 3 N–H and O–H groups in total. The number of nitrogens with one attached hydrogen (secondary N) is 3. The van der Waals surface area contributed by atoms with E-state index in [9.17, 15) is 4.79 Å². The Morgan fingerprint density at radius 2 is 2.07 bits per heavy atom. The highest BCUT2D eigenvalue weighted by molar-refractivity contribution is 5.89. The molecule has 0 spiro atoms. The predicted octanol–water partition coefficient (Wildman–Crippen LogP) is 2.54. The highest BCUT2D eigenvalue weighted by Crippen LogP contribution is 2.30. The molecule has 2 aliphatic rings. The van der Waals surface area contributed by atoms with E-state index in [2.05, 4.69) is 27.8 Å². The minimum atomic E-state index is -0.203. The van der Waals surface area contributed by atoms with Crippen LogP contribution in [0.5, 0.6) is 0 Å². The molecule has 1 aromatic carbocycles. The van der Waals surface area contributed by atoms with Crippen molar-refractivity contribution in [3.8, 4) is 11.3 Å². The third kappa shape index (κ3) is 4.60. The molecular formula is C20H27ClN6O2. The minimum Gasteiger partial charge on any atom is -0.377 e. The summed E-state index contributed by atoms with van der Waals surface area (Å²) in [5.41, 5.74) is 4.93. The van der Waals surface area contributed by atoms with Gasteiger partial charge in [0.05, 0.1) is 30.6 Å². The van der Waals surface area contributed by atoms with E-state index in [4.69, 9.17) is 14.7 Å². The molecule has 2 aliphatic heterocycles. The first-order valence-electron chi connectivity index (χ1n) is 9.76. The fraction of sp³-hybridized carbons (Fsp3) is 0.450. The van der Waals surface area contributed by atoms with E-state index in [1.807, 2.05) is 31.2 Å². The van der Waals surface area contributed by atoms with Crippen molar-refractivity contribution in [1.29, 1.82) is 0 Å². The zero-order chi connectivity index (χ0) is 19.5. The highest BCUT2D eigenvalue weighted by Gasteiger charge is 2.26. The lowest BCUT2D eigenvalue weighted by Crippen LogP contribution is -2.44. The summed E-state index contributed by atoms with van der Waals surface area (Å²) < 4.78 is 5.55. The average molecular weight is 419 g/mol. The number of aromatic nitrogens is 2. The molecule has 29 heavy (non-hydrogen) atoms. The molecule has 1 atom stereocenters. The number of amides is 2. The van der Waals surface area contributed by atoms with Gasteiger partial charge in [0, 0.05) is 43.0 Å². The van der Waals surface area contributed by atoms with E-state index >= 15 is 0 Å². The summed E-state index contributed by atoms with van der Waals surface area (Å²) in [5.74, 6) is 0.762. The average Bonchev–Trinajstić information content (AvgIpc) is 3.17. The number of fused-ring (bicyclic) bond motifs is 1. The van der Waals surface area contributed by atoms with Crippen LogP contribution in [-0.4, -0.2) is 48.3 Å². The van der Waals surface area contributed by atoms with Crippen molar-refractivity contribution in [3.05, 3.63) is 35.5 Å². The Balaban J connectivity index is 0.00000240. The van der Waals surface area contributed by atoms with Gasteiger partial charge in [0.25, 0.3) is 0 Å². The molecule has 1 fully saturated rings. The summed E-state index contributed by atoms with van der Waals surface area (Å²) in [6.45, 7) is 8.31. The maximum Gasteiger partial charge on any atom is 0.319 e. The molecule has 9 heteroatoms. The summed E-state index contributed by atoms with van der Waals surface area (Å²) in [4.78, 5) is 23.7. The fourth-order valence-electron chi connectivity index (χ4n) is 3.59. The highest BCUT2D eigenvalue weighted by atomic mass is 35.5. The lowest BCUT2D eigenvalue weighted by Gasteiger charge is -2.33. The van der Waals surface area contributed by atoms with Crippen molar-refractivity contribution in [3.63, 3.8) is 0 Å². The van der Waals surface area contributed by atoms with Crippen LogP contribution in [0, 0.1) is 0 Å².